The molecule has 0 bridgehead atoms. The summed E-state index contributed by atoms with van der Waals surface area (Å²) in [5.41, 5.74) is 8.47. The Morgan fingerprint density at radius 2 is 1.63 bits per heavy atom. The first-order valence-corrected chi connectivity index (χ1v) is 21.7. The van der Waals surface area contributed by atoms with Crippen LogP contribution in [0.5, 0.6) is 0 Å². The molecule has 7 rings (SSSR count). The van der Waals surface area contributed by atoms with Gasteiger partial charge in [0.15, 0.2) is 5.82 Å². The molecule has 3 aromatic heterocycles. The maximum atomic E-state index is 13.3. The van der Waals surface area contributed by atoms with Gasteiger partial charge < -0.3 is 40.2 Å². The molecule has 0 aliphatic carbocycles. The van der Waals surface area contributed by atoms with Gasteiger partial charge in [-0.05, 0) is 38.3 Å². The van der Waals surface area contributed by atoms with Crippen LogP contribution in [0, 0.1) is 0 Å². The molecule has 0 radical (unpaired) electrons. The van der Waals surface area contributed by atoms with E-state index in [1.807, 2.05) is 18.3 Å². The number of ether oxygens (including phenoxy) is 4. The number of nitrogens with zero attached hydrogens (tertiary/aromatic N) is 8. The van der Waals surface area contributed by atoms with E-state index in [4.69, 9.17) is 47.9 Å². The Morgan fingerprint density at radius 1 is 0.921 bits per heavy atom. The van der Waals surface area contributed by atoms with Crippen LogP contribution >= 0.6 is 23.2 Å². The molecule has 0 saturated carbocycles. The molecule has 2 aromatic carbocycles. The predicted molar refractivity (Wildman–Crippen MR) is 238 cm³/mol. The summed E-state index contributed by atoms with van der Waals surface area (Å²) in [5.74, 6) is 0.159. The zero-order chi connectivity index (χ0) is 44.2. The van der Waals surface area contributed by atoms with Crippen LogP contribution in [0.2, 0.25) is 10.0 Å². The summed E-state index contributed by atoms with van der Waals surface area (Å²) in [4.78, 5) is 48.6. The maximum Gasteiger partial charge on any atom is 0.277 e. The van der Waals surface area contributed by atoms with Gasteiger partial charge in [0.2, 0.25) is 5.91 Å². The molecule has 21 heteroatoms. The highest BCUT2D eigenvalue weighted by atomic mass is 35.5. The Bertz CT molecular complexity index is 2410. The Hall–Kier alpha value is -5.28. The molecule has 0 spiro atoms. The molecule has 19 nitrogen and oxygen atoms in total. The van der Waals surface area contributed by atoms with Crippen molar-refractivity contribution in [1.29, 1.82) is 0 Å². The number of nitrogen functional groups attached to an aromatic ring is 1. The fourth-order valence-electron chi connectivity index (χ4n) is 7.35. The number of imide groups is 1. The Balaban J connectivity index is 0.698. The molecule has 2 amide bonds. The molecule has 1 unspecified atom stereocenters. The molecular weight excluding hydrogens is 855 g/mol. The summed E-state index contributed by atoms with van der Waals surface area (Å²) in [7, 11) is 0. The minimum Gasteiger partial charge on any atom is -0.382 e. The fraction of sp³-hybridized carbons (Fsp3) is 0.476. The van der Waals surface area contributed by atoms with Crippen LogP contribution in [0.4, 0.5) is 17.3 Å². The van der Waals surface area contributed by atoms with E-state index in [0.29, 0.717) is 116 Å². The van der Waals surface area contributed by atoms with Gasteiger partial charge in [-0.2, -0.15) is 5.10 Å². The van der Waals surface area contributed by atoms with Crippen molar-refractivity contribution in [2.24, 2.45) is 0 Å². The molecule has 2 aliphatic heterocycles. The highest BCUT2D eigenvalue weighted by Crippen LogP contribution is 2.35. The van der Waals surface area contributed by atoms with Gasteiger partial charge in [-0.3, -0.25) is 19.7 Å². The number of rotatable bonds is 22. The summed E-state index contributed by atoms with van der Waals surface area (Å²) in [5, 5.41) is 23.9. The number of hydrogen-bond acceptors (Lipinski definition) is 16. The average molecular weight is 908 g/mol. The number of carbonyl (C=O) groups is 2. The summed E-state index contributed by atoms with van der Waals surface area (Å²) in [6.45, 7) is 8.88. The van der Waals surface area contributed by atoms with Gasteiger partial charge in [-0.15, -0.1) is 5.10 Å². The van der Waals surface area contributed by atoms with E-state index in [1.165, 1.54) is 0 Å². The van der Waals surface area contributed by atoms with Crippen molar-refractivity contribution in [1.82, 2.24) is 45.4 Å². The Kier molecular flexibility index (Phi) is 15.9. The van der Waals surface area contributed by atoms with Gasteiger partial charge in [0.05, 0.1) is 92.9 Å². The number of halogens is 2. The van der Waals surface area contributed by atoms with Crippen LogP contribution in [-0.2, 0) is 41.6 Å². The smallest absolute Gasteiger partial charge is 0.277 e. The molecule has 2 saturated heterocycles. The zero-order valence-corrected chi connectivity index (χ0v) is 36.6. The second kappa shape index (κ2) is 21.9. The lowest BCUT2D eigenvalue weighted by Gasteiger charge is -2.40. The summed E-state index contributed by atoms with van der Waals surface area (Å²) >= 11 is 12.6. The van der Waals surface area contributed by atoms with E-state index >= 15 is 0 Å². The summed E-state index contributed by atoms with van der Waals surface area (Å²) in [6.07, 6.45) is 7.40. The third-order valence-corrected chi connectivity index (χ3v) is 11.8. The number of carbonyl (C=O) groups excluding carboxylic acids is 2. The molecule has 63 heavy (non-hydrogen) atoms. The van der Waals surface area contributed by atoms with E-state index in [2.05, 4.69) is 53.2 Å². The van der Waals surface area contributed by atoms with E-state index in [0.717, 1.165) is 42.1 Å². The second-order valence-electron chi connectivity index (χ2n) is 15.4. The molecule has 2 fully saturated rings. The summed E-state index contributed by atoms with van der Waals surface area (Å²) in [6, 6.07) is 9.92. The standard InChI is InChI=1S/C42H52Cl2N12O7/c1-42(10-13-54(14-11-42)34-26-47-38(39(45)50-34)30-5-3-6-31(43)37(30)44)48-25-29-27-55(53-52-29)15-17-61-19-21-63-23-22-62-20-18-60-16-12-46-32-7-2-4-28-24-49-56(41(59)36(28)32)33-8-9-35(57)51-40(33)58/h2-7,24,26-27,33,46,48H,8-23,25H2,1H3,(H2,45,50)(H,51,57,58). The van der Waals surface area contributed by atoms with Crippen LogP contribution < -0.4 is 32.1 Å². The number of aromatic nitrogens is 7. The SMILES string of the molecule is CC1(NCc2cn(CCOCCOCCOCCOCCNc3cccc4cnn(C5CCC(=O)NC5=O)c(=O)c34)nn2)CCN(c2cnc(-c3cccc(Cl)c3Cl)c(N)n2)CC1. The quantitative estimate of drug-likeness (QED) is 0.0574. The zero-order valence-electron chi connectivity index (χ0n) is 35.1. The number of benzene rings is 2. The largest absolute Gasteiger partial charge is 0.382 e. The topological polar surface area (TPSA) is 228 Å². The lowest BCUT2D eigenvalue weighted by Crippen LogP contribution is -2.51. The van der Waals surface area contributed by atoms with Crippen molar-refractivity contribution in [3.63, 3.8) is 0 Å². The van der Waals surface area contributed by atoms with Crippen LogP contribution in [0.15, 0.2) is 59.8 Å². The van der Waals surface area contributed by atoms with Gasteiger partial charge in [-0.1, -0.05) is 52.7 Å². The Morgan fingerprint density at radius 3 is 2.37 bits per heavy atom. The van der Waals surface area contributed by atoms with Crippen molar-refractivity contribution in [2.75, 3.05) is 88.4 Å². The number of fused-ring (bicyclic) bond motifs is 1. The highest BCUT2D eigenvalue weighted by Gasteiger charge is 2.32. The minimum absolute atomic E-state index is 0.0767. The lowest BCUT2D eigenvalue weighted by molar-refractivity contribution is -0.136. The van der Waals surface area contributed by atoms with Crippen molar-refractivity contribution in [3.8, 4) is 11.3 Å². The first-order valence-electron chi connectivity index (χ1n) is 20.9. The van der Waals surface area contributed by atoms with E-state index in [-0.39, 0.29) is 24.3 Å². The van der Waals surface area contributed by atoms with Crippen molar-refractivity contribution in [2.45, 2.75) is 57.3 Å². The predicted octanol–water partition coefficient (Wildman–Crippen LogP) is 3.64. The number of nitrogens with one attached hydrogen (secondary N) is 3. The molecule has 5 N–H and O–H groups in total. The van der Waals surface area contributed by atoms with Gasteiger partial charge in [0, 0.05) is 61.0 Å². The highest BCUT2D eigenvalue weighted by molar-refractivity contribution is 6.43. The van der Waals surface area contributed by atoms with E-state index in [9.17, 15) is 14.4 Å². The number of amides is 2. The average Bonchev–Trinajstić information content (AvgIpc) is 3.74. The molecular formula is C42H52Cl2N12O7. The van der Waals surface area contributed by atoms with E-state index < -0.39 is 17.5 Å². The maximum absolute atomic E-state index is 13.3. The molecule has 2 aliphatic rings. The van der Waals surface area contributed by atoms with Crippen LogP contribution in [0.25, 0.3) is 22.0 Å². The van der Waals surface area contributed by atoms with Crippen LogP contribution in [0.1, 0.15) is 44.3 Å². The first-order chi connectivity index (χ1) is 30.6. The molecule has 5 heterocycles. The lowest BCUT2D eigenvalue weighted by atomic mass is 9.89. The number of hydrogen-bond donors (Lipinski definition) is 4. The minimum atomic E-state index is -0.832. The van der Waals surface area contributed by atoms with Crippen LogP contribution in [0.3, 0.4) is 0 Å². The monoisotopic (exact) mass is 906 g/mol. The normalized spacial score (nSPS) is 16.4. The first kappa shape index (κ1) is 45.7. The van der Waals surface area contributed by atoms with Gasteiger partial charge >= 0.3 is 0 Å². The van der Waals surface area contributed by atoms with Crippen molar-refractivity contribution >= 4 is 63.1 Å². The molecule has 336 valence electrons. The van der Waals surface area contributed by atoms with Crippen molar-refractivity contribution < 1.29 is 28.5 Å². The second-order valence-corrected chi connectivity index (χ2v) is 16.2. The van der Waals surface area contributed by atoms with Gasteiger partial charge in [0.25, 0.3) is 11.5 Å². The third-order valence-electron chi connectivity index (χ3n) is 11.0. The number of nitrogens with two attached hydrogens (primary N) is 1. The summed E-state index contributed by atoms with van der Waals surface area (Å²) < 4.78 is 25.5. The number of anilines is 3. The third kappa shape index (κ3) is 12.0. The van der Waals surface area contributed by atoms with Gasteiger partial charge in [-0.25, -0.2) is 19.3 Å². The molecule has 5 aromatic rings. The van der Waals surface area contributed by atoms with Crippen molar-refractivity contribution in [3.05, 3.63) is 81.1 Å². The fourth-order valence-corrected chi connectivity index (χ4v) is 7.74. The number of piperidine rings is 2. The molecule has 1 atom stereocenters. The Labute approximate surface area is 373 Å². The van der Waals surface area contributed by atoms with Crippen LogP contribution in [-0.4, -0.2) is 125 Å². The van der Waals surface area contributed by atoms with Gasteiger partial charge in [0.1, 0.15) is 17.6 Å². The van der Waals surface area contributed by atoms with E-state index in [1.54, 1.807) is 41.3 Å².